The maximum Gasteiger partial charge on any atom is 0.162 e. The van der Waals surface area contributed by atoms with Gasteiger partial charge >= 0.3 is 0 Å². The predicted molar refractivity (Wildman–Crippen MR) is 94.1 cm³/mol. The Balaban J connectivity index is 2.69. The number of carbonyl (C=O) groups is 1. The van der Waals surface area contributed by atoms with Gasteiger partial charge in [-0.1, -0.05) is 74.5 Å². The molecule has 2 heteroatoms. The molecule has 0 saturated heterocycles. The first-order valence-electron chi connectivity index (χ1n) is 7.59. The highest BCUT2D eigenvalue weighted by Crippen LogP contribution is 2.30. The molecule has 22 heavy (non-hydrogen) atoms. The second-order valence-corrected chi connectivity index (χ2v) is 5.92. The van der Waals surface area contributed by atoms with Gasteiger partial charge in [0, 0.05) is 17.4 Å². The third-order valence-corrected chi connectivity index (χ3v) is 3.78. The lowest BCUT2D eigenvalue weighted by molar-refractivity contribution is -0.118. The first-order chi connectivity index (χ1) is 10.6. The second kappa shape index (κ2) is 7.95. The van der Waals surface area contributed by atoms with Crippen molar-refractivity contribution in [2.24, 2.45) is 5.92 Å². The Morgan fingerprint density at radius 3 is 1.73 bits per heavy atom. The van der Waals surface area contributed by atoms with Gasteiger partial charge in [-0.15, -0.1) is 11.6 Å². The number of Topliss-reactive ketones (excluding diaryl/α,β-unsaturated/α-hetero) is 1. The van der Waals surface area contributed by atoms with Crippen LogP contribution in [0.4, 0.5) is 0 Å². The Morgan fingerprint density at radius 1 is 0.909 bits per heavy atom. The van der Waals surface area contributed by atoms with Crippen molar-refractivity contribution in [3.63, 3.8) is 0 Å². The molecule has 0 N–H and O–H groups in total. The number of carbonyl (C=O) groups excluding carboxylic acids is 1. The summed E-state index contributed by atoms with van der Waals surface area (Å²) in [4.78, 5) is 12.7. The molecule has 2 aromatic carbocycles. The SMILES string of the molecule is CC(C)C(=O)C(CCCl)=C(c1ccccc1)c1ccccc1. The van der Waals surface area contributed by atoms with Crippen molar-refractivity contribution < 1.29 is 4.79 Å². The lowest BCUT2D eigenvalue weighted by Crippen LogP contribution is -2.13. The van der Waals surface area contributed by atoms with E-state index in [0.717, 1.165) is 22.3 Å². The Hall–Kier alpha value is -1.86. The summed E-state index contributed by atoms with van der Waals surface area (Å²) in [6.45, 7) is 3.87. The zero-order chi connectivity index (χ0) is 15.9. The molecule has 0 aliphatic carbocycles. The van der Waals surface area contributed by atoms with Crippen molar-refractivity contribution >= 4 is 23.0 Å². The summed E-state index contributed by atoms with van der Waals surface area (Å²) >= 11 is 5.98. The van der Waals surface area contributed by atoms with E-state index in [1.165, 1.54) is 0 Å². The smallest absolute Gasteiger partial charge is 0.162 e. The molecule has 2 rings (SSSR count). The molecule has 0 aliphatic heterocycles. The summed E-state index contributed by atoms with van der Waals surface area (Å²) in [7, 11) is 0. The number of hydrogen-bond donors (Lipinski definition) is 0. The summed E-state index contributed by atoms with van der Waals surface area (Å²) in [6.07, 6.45) is 0.581. The fraction of sp³-hybridized carbons (Fsp3) is 0.250. The molecular formula is C20H21ClO. The number of alkyl halides is 1. The summed E-state index contributed by atoms with van der Waals surface area (Å²) in [5.41, 5.74) is 3.94. The van der Waals surface area contributed by atoms with Crippen molar-refractivity contribution in [1.29, 1.82) is 0 Å². The fourth-order valence-electron chi connectivity index (χ4n) is 2.54. The Kier molecular flexibility index (Phi) is 5.97. The van der Waals surface area contributed by atoms with E-state index in [0.29, 0.717) is 12.3 Å². The third kappa shape index (κ3) is 3.86. The van der Waals surface area contributed by atoms with Crippen molar-refractivity contribution in [3.05, 3.63) is 77.4 Å². The van der Waals surface area contributed by atoms with Crippen LogP contribution in [0.3, 0.4) is 0 Å². The number of benzene rings is 2. The molecule has 0 bridgehead atoms. The van der Waals surface area contributed by atoms with Crippen LogP contribution in [0, 0.1) is 5.92 Å². The van der Waals surface area contributed by atoms with Crippen LogP contribution in [0.2, 0.25) is 0 Å². The molecule has 0 spiro atoms. The number of ketones is 1. The van der Waals surface area contributed by atoms with Crippen molar-refractivity contribution in [2.45, 2.75) is 20.3 Å². The highest BCUT2D eigenvalue weighted by Gasteiger charge is 2.20. The van der Waals surface area contributed by atoms with Gasteiger partial charge in [0.15, 0.2) is 5.78 Å². The number of halogens is 1. The van der Waals surface area contributed by atoms with Gasteiger partial charge in [0.1, 0.15) is 0 Å². The normalized spacial score (nSPS) is 10.5. The lowest BCUT2D eigenvalue weighted by atomic mass is 9.87. The van der Waals surface area contributed by atoms with E-state index in [4.69, 9.17) is 11.6 Å². The van der Waals surface area contributed by atoms with Crippen LogP contribution < -0.4 is 0 Å². The van der Waals surface area contributed by atoms with E-state index in [1.54, 1.807) is 0 Å². The van der Waals surface area contributed by atoms with Gasteiger partial charge in [-0.3, -0.25) is 4.79 Å². The van der Waals surface area contributed by atoms with E-state index < -0.39 is 0 Å². The fourth-order valence-corrected chi connectivity index (χ4v) is 2.73. The average Bonchev–Trinajstić information content (AvgIpc) is 2.55. The van der Waals surface area contributed by atoms with Crippen molar-refractivity contribution in [3.8, 4) is 0 Å². The van der Waals surface area contributed by atoms with Gasteiger partial charge < -0.3 is 0 Å². The summed E-state index contributed by atoms with van der Waals surface area (Å²) < 4.78 is 0. The largest absolute Gasteiger partial charge is 0.294 e. The van der Waals surface area contributed by atoms with Gasteiger partial charge in [-0.05, 0) is 23.1 Å². The Morgan fingerprint density at radius 2 is 1.36 bits per heavy atom. The minimum atomic E-state index is -0.0411. The minimum absolute atomic E-state index is 0.0411. The molecule has 0 unspecified atom stereocenters. The van der Waals surface area contributed by atoms with Crippen LogP contribution in [0.5, 0.6) is 0 Å². The van der Waals surface area contributed by atoms with E-state index in [9.17, 15) is 4.79 Å². The molecule has 0 radical (unpaired) electrons. The number of allylic oxidation sites excluding steroid dienone is 1. The van der Waals surface area contributed by atoms with Crippen LogP contribution >= 0.6 is 11.6 Å². The number of hydrogen-bond acceptors (Lipinski definition) is 1. The maximum atomic E-state index is 12.7. The van der Waals surface area contributed by atoms with E-state index in [2.05, 4.69) is 0 Å². The molecule has 0 fully saturated rings. The third-order valence-electron chi connectivity index (χ3n) is 3.59. The Labute approximate surface area is 137 Å². The first-order valence-corrected chi connectivity index (χ1v) is 8.12. The highest BCUT2D eigenvalue weighted by molar-refractivity contribution is 6.19. The molecule has 2 aromatic rings. The monoisotopic (exact) mass is 312 g/mol. The lowest BCUT2D eigenvalue weighted by Gasteiger charge is -2.17. The summed E-state index contributed by atoms with van der Waals surface area (Å²) in [6, 6.07) is 20.1. The molecule has 0 saturated carbocycles. The predicted octanol–water partition coefficient (Wildman–Crippen LogP) is 5.34. The standard InChI is InChI=1S/C20H21ClO/c1-15(2)20(22)18(13-14-21)19(16-9-5-3-6-10-16)17-11-7-4-8-12-17/h3-12,15H,13-14H2,1-2H3. The number of rotatable bonds is 6. The van der Waals surface area contributed by atoms with E-state index in [-0.39, 0.29) is 11.7 Å². The van der Waals surface area contributed by atoms with Crippen LogP contribution in [0.25, 0.3) is 5.57 Å². The molecule has 0 aromatic heterocycles. The second-order valence-electron chi connectivity index (χ2n) is 5.54. The Bertz CT molecular complexity index is 600. The van der Waals surface area contributed by atoms with Gasteiger partial charge in [-0.2, -0.15) is 0 Å². The minimum Gasteiger partial charge on any atom is -0.294 e. The van der Waals surface area contributed by atoms with Gasteiger partial charge in [0.05, 0.1) is 0 Å². The molecule has 114 valence electrons. The van der Waals surface area contributed by atoms with Gasteiger partial charge in [0.2, 0.25) is 0 Å². The molecule has 0 amide bonds. The van der Waals surface area contributed by atoms with Crippen molar-refractivity contribution in [2.75, 3.05) is 5.88 Å². The highest BCUT2D eigenvalue weighted by atomic mass is 35.5. The van der Waals surface area contributed by atoms with E-state index in [1.807, 2.05) is 74.5 Å². The quantitative estimate of drug-likeness (QED) is 0.519. The van der Waals surface area contributed by atoms with Crippen LogP contribution in [-0.4, -0.2) is 11.7 Å². The first kappa shape index (κ1) is 16.5. The average molecular weight is 313 g/mol. The van der Waals surface area contributed by atoms with Crippen LogP contribution in [0.1, 0.15) is 31.4 Å². The van der Waals surface area contributed by atoms with E-state index >= 15 is 0 Å². The zero-order valence-electron chi connectivity index (χ0n) is 13.1. The van der Waals surface area contributed by atoms with Gasteiger partial charge in [-0.25, -0.2) is 0 Å². The van der Waals surface area contributed by atoms with Crippen LogP contribution in [0.15, 0.2) is 66.2 Å². The maximum absolute atomic E-state index is 12.7. The summed E-state index contributed by atoms with van der Waals surface area (Å²) in [5, 5.41) is 0. The topological polar surface area (TPSA) is 17.1 Å². The van der Waals surface area contributed by atoms with Crippen molar-refractivity contribution in [1.82, 2.24) is 0 Å². The molecule has 0 aliphatic rings. The molecular weight excluding hydrogens is 292 g/mol. The van der Waals surface area contributed by atoms with Gasteiger partial charge in [0.25, 0.3) is 0 Å². The summed E-state index contributed by atoms with van der Waals surface area (Å²) in [5.74, 6) is 0.570. The van der Waals surface area contributed by atoms with Crippen LogP contribution in [-0.2, 0) is 4.79 Å². The zero-order valence-corrected chi connectivity index (χ0v) is 13.8. The molecule has 0 atom stereocenters. The molecule has 0 heterocycles. The molecule has 1 nitrogen and oxygen atoms in total.